The molecule has 0 radical (unpaired) electrons. The molecule has 1 fully saturated rings. The third kappa shape index (κ3) is 3.36. The number of anilines is 2. The summed E-state index contributed by atoms with van der Waals surface area (Å²) in [5.41, 5.74) is 0.779. The first-order valence-corrected chi connectivity index (χ1v) is 7.67. The van der Waals surface area contributed by atoms with Gasteiger partial charge in [-0.25, -0.2) is 9.97 Å². The highest BCUT2D eigenvalue weighted by atomic mass is 32.2. The smallest absolute Gasteiger partial charge is 0.143 e. The minimum absolute atomic E-state index is 0.744. The molecule has 1 aromatic rings. The summed E-state index contributed by atoms with van der Waals surface area (Å²) in [4.78, 5) is 13.1. The zero-order valence-corrected chi connectivity index (χ0v) is 12.2. The molecule has 104 valence electrons. The van der Waals surface area contributed by atoms with E-state index in [1.165, 1.54) is 6.21 Å². The van der Waals surface area contributed by atoms with E-state index < -0.39 is 0 Å². The molecule has 0 aromatic carbocycles. The number of likely N-dealkylation sites (N-methyl/N-ethyl adjacent to an activating group) is 1. The van der Waals surface area contributed by atoms with Gasteiger partial charge in [0.2, 0.25) is 0 Å². The highest BCUT2D eigenvalue weighted by molar-refractivity contribution is 7.98. The second-order valence-corrected chi connectivity index (χ2v) is 5.37. The zero-order valence-electron chi connectivity index (χ0n) is 11.4. The molecule has 7 heteroatoms. The van der Waals surface area contributed by atoms with E-state index in [2.05, 4.69) is 32.1 Å². The van der Waals surface area contributed by atoms with E-state index >= 15 is 0 Å². The number of nitrogens with one attached hydrogen (secondary N) is 2. The summed E-state index contributed by atoms with van der Waals surface area (Å²) in [6.07, 6.45) is 4.94. The number of aromatic nitrogens is 2. The topological polar surface area (TPSA) is 68.1 Å². The molecule has 2 heterocycles. The average Bonchev–Trinajstić information content (AvgIpc) is 2.45. The Balaban J connectivity index is 2.21. The second kappa shape index (κ2) is 6.72. The fourth-order valence-electron chi connectivity index (χ4n) is 2.07. The van der Waals surface area contributed by atoms with Crippen LogP contribution in [0.5, 0.6) is 0 Å². The van der Waals surface area contributed by atoms with Gasteiger partial charge in [0.15, 0.2) is 0 Å². The van der Waals surface area contributed by atoms with Crippen molar-refractivity contribution in [3.8, 4) is 0 Å². The molecule has 19 heavy (non-hydrogen) atoms. The molecule has 0 atom stereocenters. The lowest BCUT2D eigenvalue weighted by atomic mass is 10.2. The van der Waals surface area contributed by atoms with Gasteiger partial charge in [-0.15, -0.1) is 11.8 Å². The normalized spacial score (nSPS) is 16.4. The zero-order chi connectivity index (χ0) is 13.7. The molecule has 1 aliphatic rings. The van der Waals surface area contributed by atoms with E-state index in [0.29, 0.717) is 0 Å². The van der Waals surface area contributed by atoms with Crippen molar-refractivity contribution in [3.05, 3.63) is 11.9 Å². The van der Waals surface area contributed by atoms with Crippen molar-refractivity contribution >= 4 is 29.6 Å². The fraction of sp³-hybridized carbons (Fsp3) is 0.583. The quantitative estimate of drug-likeness (QED) is 0.618. The molecular formula is C12H20N6S. The highest BCUT2D eigenvalue weighted by Gasteiger charge is 2.19. The molecule has 1 aliphatic heterocycles. The summed E-state index contributed by atoms with van der Waals surface area (Å²) >= 11 is 1.69. The molecule has 2 rings (SSSR count). The lowest BCUT2D eigenvalue weighted by Crippen LogP contribution is -2.45. The summed E-state index contributed by atoms with van der Waals surface area (Å²) in [5, 5.41) is 10.9. The van der Waals surface area contributed by atoms with Crippen LogP contribution in [-0.4, -0.2) is 66.4 Å². The molecule has 0 spiro atoms. The van der Waals surface area contributed by atoms with E-state index in [4.69, 9.17) is 5.41 Å². The maximum absolute atomic E-state index is 7.63. The Bertz CT molecular complexity index is 430. The van der Waals surface area contributed by atoms with Crippen LogP contribution in [0.1, 0.15) is 5.56 Å². The first-order chi connectivity index (χ1) is 9.26. The minimum Gasteiger partial charge on any atom is -0.360 e. The predicted octanol–water partition coefficient (Wildman–Crippen LogP) is 0.958. The van der Waals surface area contributed by atoms with Crippen LogP contribution in [0.15, 0.2) is 6.33 Å². The maximum Gasteiger partial charge on any atom is 0.143 e. The molecule has 2 N–H and O–H groups in total. The van der Waals surface area contributed by atoms with Crippen LogP contribution >= 0.6 is 11.8 Å². The van der Waals surface area contributed by atoms with Gasteiger partial charge in [-0.2, -0.15) is 0 Å². The molecule has 1 aromatic heterocycles. The van der Waals surface area contributed by atoms with Crippen molar-refractivity contribution < 1.29 is 0 Å². The number of hydrogen-bond donors (Lipinski definition) is 2. The standard InChI is InChI=1S/C12H20N6S/c1-17-3-5-18(6-4-17)12-10(7-13)11(14-8-15-12)16-9-19-2/h7-8,13H,3-6,9H2,1-2H3,(H,14,15,16). The molecule has 1 saturated heterocycles. The second-order valence-electron chi connectivity index (χ2n) is 4.50. The van der Waals surface area contributed by atoms with E-state index in [1.54, 1.807) is 18.1 Å². The van der Waals surface area contributed by atoms with E-state index in [1.807, 2.05) is 6.26 Å². The molecule has 0 saturated carbocycles. The van der Waals surface area contributed by atoms with Gasteiger partial charge >= 0.3 is 0 Å². The van der Waals surface area contributed by atoms with Crippen LogP contribution in [0.4, 0.5) is 11.6 Å². The molecule has 0 amide bonds. The van der Waals surface area contributed by atoms with Crippen LogP contribution in [0.3, 0.4) is 0 Å². The molecule has 6 nitrogen and oxygen atoms in total. The van der Waals surface area contributed by atoms with Gasteiger partial charge in [0.05, 0.1) is 11.4 Å². The lowest BCUT2D eigenvalue weighted by molar-refractivity contribution is 0.312. The number of nitrogens with zero attached hydrogens (tertiary/aromatic N) is 4. The Kier molecular flexibility index (Phi) is 4.98. The van der Waals surface area contributed by atoms with Gasteiger partial charge in [-0.3, -0.25) is 0 Å². The Morgan fingerprint density at radius 3 is 2.74 bits per heavy atom. The Morgan fingerprint density at radius 1 is 1.37 bits per heavy atom. The van der Waals surface area contributed by atoms with E-state index in [0.717, 1.165) is 49.3 Å². The SMILES string of the molecule is CSCNc1ncnc(N2CCN(C)CC2)c1C=N. The van der Waals surface area contributed by atoms with Gasteiger partial charge in [-0.1, -0.05) is 0 Å². The Morgan fingerprint density at radius 2 is 2.11 bits per heavy atom. The van der Waals surface area contributed by atoms with Crippen LogP contribution < -0.4 is 10.2 Å². The summed E-state index contributed by atoms with van der Waals surface area (Å²) in [6, 6.07) is 0. The van der Waals surface area contributed by atoms with Crippen molar-refractivity contribution in [2.45, 2.75) is 0 Å². The molecule has 0 bridgehead atoms. The summed E-state index contributed by atoms with van der Waals surface area (Å²) in [5.74, 6) is 2.38. The van der Waals surface area contributed by atoms with Crippen molar-refractivity contribution in [2.75, 3.05) is 55.6 Å². The van der Waals surface area contributed by atoms with Crippen molar-refractivity contribution in [3.63, 3.8) is 0 Å². The van der Waals surface area contributed by atoms with Crippen LogP contribution in [0, 0.1) is 5.41 Å². The number of hydrogen-bond acceptors (Lipinski definition) is 7. The van der Waals surface area contributed by atoms with Gasteiger partial charge < -0.3 is 20.5 Å². The van der Waals surface area contributed by atoms with Crippen LogP contribution in [-0.2, 0) is 0 Å². The number of thioether (sulfide) groups is 1. The molecule has 0 aliphatic carbocycles. The van der Waals surface area contributed by atoms with Gasteiger partial charge in [-0.05, 0) is 13.3 Å². The van der Waals surface area contributed by atoms with Crippen LogP contribution in [0.2, 0.25) is 0 Å². The van der Waals surface area contributed by atoms with Gasteiger partial charge in [0.25, 0.3) is 0 Å². The lowest BCUT2D eigenvalue weighted by Gasteiger charge is -2.34. The summed E-state index contributed by atoms with van der Waals surface area (Å²) < 4.78 is 0. The average molecular weight is 280 g/mol. The fourth-order valence-corrected chi connectivity index (χ4v) is 2.35. The highest BCUT2D eigenvalue weighted by Crippen LogP contribution is 2.22. The molecule has 0 unspecified atom stereocenters. The summed E-state index contributed by atoms with van der Waals surface area (Å²) in [7, 11) is 2.13. The third-order valence-electron chi connectivity index (χ3n) is 3.19. The van der Waals surface area contributed by atoms with E-state index in [9.17, 15) is 0 Å². The van der Waals surface area contributed by atoms with E-state index in [-0.39, 0.29) is 0 Å². The Labute approximate surface area is 118 Å². The van der Waals surface area contributed by atoms with Crippen molar-refractivity contribution in [2.24, 2.45) is 0 Å². The van der Waals surface area contributed by atoms with Gasteiger partial charge in [0.1, 0.15) is 18.0 Å². The number of rotatable bonds is 5. The minimum atomic E-state index is 0.744. The largest absolute Gasteiger partial charge is 0.360 e. The first-order valence-electron chi connectivity index (χ1n) is 6.28. The predicted molar refractivity (Wildman–Crippen MR) is 81.6 cm³/mol. The Hall–Kier alpha value is -1.34. The van der Waals surface area contributed by atoms with Crippen LogP contribution in [0.25, 0.3) is 0 Å². The first kappa shape index (κ1) is 14.1. The summed E-state index contributed by atoms with van der Waals surface area (Å²) in [6.45, 7) is 3.93. The molecular weight excluding hydrogens is 260 g/mol. The third-order valence-corrected chi connectivity index (χ3v) is 3.63. The monoisotopic (exact) mass is 280 g/mol. The number of piperazine rings is 1. The van der Waals surface area contributed by atoms with Crippen molar-refractivity contribution in [1.82, 2.24) is 14.9 Å². The maximum atomic E-state index is 7.63. The van der Waals surface area contributed by atoms with Crippen molar-refractivity contribution in [1.29, 1.82) is 5.41 Å². The van der Waals surface area contributed by atoms with Gasteiger partial charge in [0, 0.05) is 32.4 Å².